The van der Waals surface area contributed by atoms with Crippen LogP contribution in [0.5, 0.6) is 0 Å². The van der Waals surface area contributed by atoms with Crippen LogP contribution in [0.2, 0.25) is 0 Å². The Bertz CT molecular complexity index is 649. The molecule has 1 aliphatic heterocycles. The minimum absolute atomic E-state index is 0.0707. The fraction of sp³-hybridized carbons (Fsp3) is 0.154. The van der Waals surface area contributed by atoms with Crippen molar-refractivity contribution in [3.63, 3.8) is 0 Å². The molecule has 0 saturated carbocycles. The molecule has 2 rings (SSSR count). The smallest absolute Gasteiger partial charge is 0.339 e. The lowest BCUT2D eigenvalue weighted by molar-refractivity contribution is -0.135. The zero-order valence-corrected chi connectivity index (χ0v) is 10.8. The van der Waals surface area contributed by atoms with Crippen LogP contribution in [0, 0.1) is 6.92 Å². The van der Waals surface area contributed by atoms with Crippen LogP contribution in [-0.4, -0.2) is 21.5 Å². The first-order valence-electron chi connectivity index (χ1n) is 5.27. The number of sulfone groups is 1. The van der Waals surface area contributed by atoms with E-state index in [-0.39, 0.29) is 5.57 Å². The largest absolute Gasteiger partial charge is 0.465 e. The van der Waals surface area contributed by atoms with Gasteiger partial charge in [-0.05, 0) is 12.5 Å². The van der Waals surface area contributed by atoms with Crippen molar-refractivity contribution in [1.82, 2.24) is 0 Å². The standard InChI is InChI=1S/C13H12O4S/c1-9-3-5-10(6-4-9)11-7-18(15,16)8-12(11)13(14)17-2/h3-8H,1-2H3. The Labute approximate surface area is 106 Å². The SMILES string of the molecule is COC(=O)C1=CS(=O)(=O)C=C1c1ccc(C)cc1. The monoisotopic (exact) mass is 264 g/mol. The van der Waals surface area contributed by atoms with Gasteiger partial charge in [-0.15, -0.1) is 0 Å². The van der Waals surface area contributed by atoms with Gasteiger partial charge in [0.05, 0.1) is 18.1 Å². The Morgan fingerprint density at radius 1 is 1.11 bits per heavy atom. The second-order valence-electron chi connectivity index (χ2n) is 4.01. The number of benzene rings is 1. The zero-order chi connectivity index (χ0) is 13.3. The molecule has 0 radical (unpaired) electrons. The molecule has 18 heavy (non-hydrogen) atoms. The molecule has 0 N–H and O–H groups in total. The second kappa shape index (κ2) is 4.42. The molecule has 1 aromatic rings. The molecular formula is C13H12O4S. The highest BCUT2D eigenvalue weighted by atomic mass is 32.2. The number of esters is 1. The highest BCUT2D eigenvalue weighted by molar-refractivity contribution is 7.97. The summed E-state index contributed by atoms with van der Waals surface area (Å²) >= 11 is 0. The second-order valence-corrected chi connectivity index (χ2v) is 5.66. The summed E-state index contributed by atoms with van der Waals surface area (Å²) in [6.07, 6.45) is 0. The van der Waals surface area contributed by atoms with Gasteiger partial charge < -0.3 is 4.74 Å². The molecule has 94 valence electrons. The van der Waals surface area contributed by atoms with E-state index in [1.807, 2.05) is 19.1 Å². The number of carbonyl (C=O) groups is 1. The van der Waals surface area contributed by atoms with Crippen LogP contribution in [0.4, 0.5) is 0 Å². The first kappa shape index (κ1) is 12.6. The Hall–Kier alpha value is -1.88. The number of methoxy groups -OCH3 is 1. The van der Waals surface area contributed by atoms with E-state index in [0.29, 0.717) is 11.1 Å². The molecule has 0 fully saturated rings. The molecule has 0 spiro atoms. The van der Waals surface area contributed by atoms with E-state index >= 15 is 0 Å². The van der Waals surface area contributed by atoms with Crippen molar-refractivity contribution in [2.45, 2.75) is 6.92 Å². The van der Waals surface area contributed by atoms with Gasteiger partial charge in [0, 0.05) is 11.0 Å². The summed E-state index contributed by atoms with van der Waals surface area (Å²) in [6, 6.07) is 7.27. The molecule has 1 aromatic carbocycles. The molecule has 0 atom stereocenters. The summed E-state index contributed by atoms with van der Waals surface area (Å²) in [4.78, 5) is 11.6. The third kappa shape index (κ3) is 2.36. The van der Waals surface area contributed by atoms with Crippen LogP contribution >= 0.6 is 0 Å². The van der Waals surface area contributed by atoms with Crippen molar-refractivity contribution in [2.75, 3.05) is 7.11 Å². The van der Waals surface area contributed by atoms with Crippen LogP contribution in [0.1, 0.15) is 11.1 Å². The lowest BCUT2D eigenvalue weighted by Crippen LogP contribution is -2.05. The number of hydrogen-bond acceptors (Lipinski definition) is 4. The quantitative estimate of drug-likeness (QED) is 0.764. The maximum Gasteiger partial charge on any atom is 0.339 e. The van der Waals surface area contributed by atoms with Gasteiger partial charge in [-0.3, -0.25) is 0 Å². The third-order valence-corrected chi connectivity index (χ3v) is 3.75. The maximum absolute atomic E-state index is 11.6. The molecule has 1 heterocycles. The molecule has 0 aliphatic carbocycles. The van der Waals surface area contributed by atoms with E-state index in [4.69, 9.17) is 0 Å². The normalized spacial score (nSPS) is 17.0. The highest BCUT2D eigenvalue weighted by Gasteiger charge is 2.27. The fourth-order valence-corrected chi connectivity index (χ4v) is 2.93. The Morgan fingerprint density at radius 3 is 2.28 bits per heavy atom. The number of carbonyl (C=O) groups excluding carboxylic acids is 1. The summed E-state index contributed by atoms with van der Waals surface area (Å²) in [5.74, 6) is -0.650. The van der Waals surface area contributed by atoms with E-state index in [9.17, 15) is 13.2 Å². The molecule has 0 unspecified atom stereocenters. The molecule has 4 nitrogen and oxygen atoms in total. The number of aryl methyl sites for hydroxylation is 1. The van der Waals surface area contributed by atoms with Crippen LogP contribution in [0.25, 0.3) is 5.57 Å². The zero-order valence-electron chi connectivity index (χ0n) is 10.0. The van der Waals surface area contributed by atoms with Crippen LogP contribution < -0.4 is 0 Å². The molecule has 0 aromatic heterocycles. The van der Waals surface area contributed by atoms with E-state index in [1.54, 1.807) is 12.1 Å². The lowest BCUT2D eigenvalue weighted by atomic mass is 10.00. The van der Waals surface area contributed by atoms with Gasteiger partial charge in [0.1, 0.15) is 0 Å². The minimum atomic E-state index is -3.48. The Kier molecular flexibility index (Phi) is 3.09. The summed E-state index contributed by atoms with van der Waals surface area (Å²) < 4.78 is 27.7. The topological polar surface area (TPSA) is 60.4 Å². The van der Waals surface area contributed by atoms with Crippen molar-refractivity contribution < 1.29 is 17.9 Å². The Balaban J connectivity index is 2.53. The number of ether oxygens (including phenoxy) is 1. The van der Waals surface area contributed by atoms with E-state index in [0.717, 1.165) is 16.4 Å². The van der Waals surface area contributed by atoms with Gasteiger partial charge in [0.15, 0.2) is 9.84 Å². The molecule has 0 bridgehead atoms. The van der Waals surface area contributed by atoms with Crippen LogP contribution in [-0.2, 0) is 19.4 Å². The van der Waals surface area contributed by atoms with Gasteiger partial charge >= 0.3 is 5.97 Å². The maximum atomic E-state index is 11.6. The van der Waals surface area contributed by atoms with Crippen LogP contribution in [0.3, 0.4) is 0 Å². The summed E-state index contributed by atoms with van der Waals surface area (Å²) in [5.41, 5.74) is 2.19. The molecule has 5 heteroatoms. The fourth-order valence-electron chi connectivity index (χ4n) is 1.71. The van der Waals surface area contributed by atoms with Crippen molar-refractivity contribution >= 4 is 21.4 Å². The lowest BCUT2D eigenvalue weighted by Gasteiger charge is -2.06. The van der Waals surface area contributed by atoms with Crippen LogP contribution in [0.15, 0.2) is 40.7 Å². The van der Waals surface area contributed by atoms with E-state index in [1.165, 1.54) is 7.11 Å². The highest BCUT2D eigenvalue weighted by Crippen LogP contribution is 2.31. The molecule has 1 aliphatic rings. The van der Waals surface area contributed by atoms with Gasteiger partial charge in [0.2, 0.25) is 0 Å². The van der Waals surface area contributed by atoms with E-state index in [2.05, 4.69) is 4.74 Å². The minimum Gasteiger partial charge on any atom is -0.465 e. The van der Waals surface area contributed by atoms with Crippen molar-refractivity contribution in [2.24, 2.45) is 0 Å². The predicted molar refractivity (Wildman–Crippen MR) is 68.2 cm³/mol. The number of rotatable bonds is 2. The summed E-state index contributed by atoms with van der Waals surface area (Å²) in [6.45, 7) is 1.93. The number of hydrogen-bond donors (Lipinski definition) is 0. The van der Waals surface area contributed by atoms with Crippen molar-refractivity contribution in [3.05, 3.63) is 51.8 Å². The average Bonchev–Trinajstić information content (AvgIpc) is 2.65. The average molecular weight is 264 g/mol. The Morgan fingerprint density at radius 2 is 1.72 bits per heavy atom. The molecule has 0 saturated heterocycles. The molecule has 0 amide bonds. The van der Waals surface area contributed by atoms with Crippen molar-refractivity contribution in [1.29, 1.82) is 0 Å². The predicted octanol–water partition coefficient (Wildman–Crippen LogP) is 1.82. The van der Waals surface area contributed by atoms with Gasteiger partial charge in [-0.25, -0.2) is 13.2 Å². The molecular weight excluding hydrogens is 252 g/mol. The third-order valence-electron chi connectivity index (χ3n) is 2.62. The summed E-state index contributed by atoms with van der Waals surface area (Å²) in [5, 5.41) is 2.03. The van der Waals surface area contributed by atoms with E-state index < -0.39 is 15.8 Å². The van der Waals surface area contributed by atoms with Gasteiger partial charge in [-0.2, -0.15) is 0 Å². The van der Waals surface area contributed by atoms with Gasteiger partial charge in [-0.1, -0.05) is 29.8 Å². The summed E-state index contributed by atoms with van der Waals surface area (Å²) in [7, 11) is -2.26. The van der Waals surface area contributed by atoms with Crippen molar-refractivity contribution in [3.8, 4) is 0 Å². The first-order chi connectivity index (χ1) is 8.43. The van der Waals surface area contributed by atoms with Gasteiger partial charge in [0.25, 0.3) is 0 Å². The first-order valence-corrected chi connectivity index (χ1v) is 6.88.